The molecule has 0 saturated heterocycles. The summed E-state index contributed by atoms with van der Waals surface area (Å²) in [4.78, 5) is 0. The smallest absolute Gasteiger partial charge is 0.0285 e. The SMILES string of the molecule is CC1=C/CC\C(C)=C/C=C\1. The van der Waals surface area contributed by atoms with Crippen molar-refractivity contribution in [3.05, 3.63) is 35.5 Å². The predicted octanol–water partition coefficient (Wildman–Crippen LogP) is 3.23. The summed E-state index contributed by atoms with van der Waals surface area (Å²) in [7, 11) is 0. The minimum Gasteiger partial charge on any atom is -0.0813 e. The average Bonchev–Trinajstić information content (AvgIpc) is 1.84. The Morgan fingerprint density at radius 3 is 2.90 bits per heavy atom. The Balaban J connectivity index is 2.70. The lowest BCUT2D eigenvalue weighted by molar-refractivity contribution is 0.968. The second-order valence-electron chi connectivity index (χ2n) is 2.86. The van der Waals surface area contributed by atoms with Gasteiger partial charge in [-0.3, -0.25) is 0 Å². The highest BCUT2D eigenvalue weighted by atomic mass is 14.0. The van der Waals surface area contributed by atoms with Crippen LogP contribution in [0.5, 0.6) is 0 Å². The fourth-order valence-corrected chi connectivity index (χ4v) is 1.04. The first-order valence-corrected chi connectivity index (χ1v) is 3.79. The second kappa shape index (κ2) is 3.40. The fraction of sp³-hybridized carbons (Fsp3) is 0.400. The van der Waals surface area contributed by atoms with Gasteiger partial charge in [-0.2, -0.15) is 0 Å². The third-order valence-electron chi connectivity index (χ3n) is 1.74. The first-order valence-electron chi connectivity index (χ1n) is 3.79. The molecular formula is C10H14. The molecule has 1 rings (SSSR count). The third-order valence-corrected chi connectivity index (χ3v) is 1.74. The van der Waals surface area contributed by atoms with E-state index in [0.717, 1.165) is 0 Å². The predicted molar refractivity (Wildman–Crippen MR) is 45.9 cm³/mol. The number of hydrogen-bond acceptors (Lipinski definition) is 0. The summed E-state index contributed by atoms with van der Waals surface area (Å²) in [5, 5.41) is 0. The van der Waals surface area contributed by atoms with Crippen LogP contribution >= 0.6 is 0 Å². The molecule has 0 heteroatoms. The molecule has 1 aliphatic carbocycles. The lowest BCUT2D eigenvalue weighted by Crippen LogP contribution is -1.79. The molecule has 0 N–H and O–H groups in total. The van der Waals surface area contributed by atoms with Crippen molar-refractivity contribution in [3.63, 3.8) is 0 Å². The Morgan fingerprint density at radius 1 is 1.30 bits per heavy atom. The summed E-state index contributed by atoms with van der Waals surface area (Å²) < 4.78 is 0. The van der Waals surface area contributed by atoms with E-state index in [2.05, 4.69) is 38.2 Å². The summed E-state index contributed by atoms with van der Waals surface area (Å²) in [5.74, 6) is 0. The minimum absolute atomic E-state index is 1.19. The lowest BCUT2D eigenvalue weighted by Gasteiger charge is -2.00. The van der Waals surface area contributed by atoms with Gasteiger partial charge in [0.1, 0.15) is 0 Å². The molecule has 0 nitrogen and oxygen atoms in total. The van der Waals surface area contributed by atoms with Crippen LogP contribution in [0.3, 0.4) is 0 Å². The van der Waals surface area contributed by atoms with E-state index in [9.17, 15) is 0 Å². The van der Waals surface area contributed by atoms with Gasteiger partial charge in [-0.15, -0.1) is 0 Å². The van der Waals surface area contributed by atoms with Gasteiger partial charge in [0.2, 0.25) is 0 Å². The zero-order valence-corrected chi connectivity index (χ0v) is 6.72. The molecular weight excluding hydrogens is 120 g/mol. The van der Waals surface area contributed by atoms with Crippen molar-refractivity contribution in [1.29, 1.82) is 0 Å². The Bertz CT molecular complexity index is 192. The topological polar surface area (TPSA) is 0 Å². The van der Waals surface area contributed by atoms with E-state index in [0.29, 0.717) is 0 Å². The Labute approximate surface area is 62.9 Å². The van der Waals surface area contributed by atoms with Crippen LogP contribution in [0.4, 0.5) is 0 Å². The monoisotopic (exact) mass is 134 g/mol. The Morgan fingerprint density at radius 2 is 2.10 bits per heavy atom. The summed E-state index contributed by atoms with van der Waals surface area (Å²) in [6.45, 7) is 4.32. The quantitative estimate of drug-likeness (QED) is 0.477. The molecule has 0 radical (unpaired) electrons. The first kappa shape index (κ1) is 7.33. The largest absolute Gasteiger partial charge is 0.0813 e. The van der Waals surface area contributed by atoms with Crippen LogP contribution in [0.2, 0.25) is 0 Å². The van der Waals surface area contributed by atoms with E-state index in [1.165, 1.54) is 24.0 Å². The zero-order chi connectivity index (χ0) is 7.40. The summed E-state index contributed by atoms with van der Waals surface area (Å²) in [5.41, 5.74) is 2.85. The Kier molecular flexibility index (Phi) is 2.49. The van der Waals surface area contributed by atoms with E-state index in [1.807, 2.05) is 0 Å². The highest BCUT2D eigenvalue weighted by Gasteiger charge is 1.90. The molecule has 0 atom stereocenters. The molecule has 10 heavy (non-hydrogen) atoms. The van der Waals surface area contributed by atoms with Gasteiger partial charge in [0.25, 0.3) is 0 Å². The molecule has 54 valence electrons. The molecule has 0 saturated carbocycles. The molecule has 0 amide bonds. The van der Waals surface area contributed by atoms with Crippen LogP contribution in [-0.2, 0) is 0 Å². The van der Waals surface area contributed by atoms with Gasteiger partial charge in [0, 0.05) is 0 Å². The van der Waals surface area contributed by atoms with Gasteiger partial charge >= 0.3 is 0 Å². The maximum Gasteiger partial charge on any atom is -0.0285 e. The Hall–Kier alpha value is -0.780. The van der Waals surface area contributed by atoms with Crippen molar-refractivity contribution in [3.8, 4) is 0 Å². The van der Waals surface area contributed by atoms with Crippen LogP contribution in [0.25, 0.3) is 0 Å². The van der Waals surface area contributed by atoms with Gasteiger partial charge in [0.05, 0.1) is 0 Å². The molecule has 0 aromatic rings. The van der Waals surface area contributed by atoms with Crippen LogP contribution in [-0.4, -0.2) is 0 Å². The van der Waals surface area contributed by atoms with Crippen LogP contribution in [0.15, 0.2) is 35.5 Å². The molecule has 0 aliphatic heterocycles. The summed E-state index contributed by atoms with van der Waals surface area (Å²) in [6.07, 6.45) is 11.2. The van der Waals surface area contributed by atoms with E-state index in [1.54, 1.807) is 0 Å². The minimum atomic E-state index is 1.19. The van der Waals surface area contributed by atoms with E-state index in [4.69, 9.17) is 0 Å². The van der Waals surface area contributed by atoms with Gasteiger partial charge < -0.3 is 0 Å². The first-order chi connectivity index (χ1) is 4.79. The number of allylic oxidation sites excluding steroid dienone is 6. The van der Waals surface area contributed by atoms with Crippen LogP contribution < -0.4 is 0 Å². The third kappa shape index (κ3) is 2.22. The molecule has 1 aliphatic rings. The zero-order valence-electron chi connectivity index (χ0n) is 6.72. The van der Waals surface area contributed by atoms with Crippen molar-refractivity contribution in [2.45, 2.75) is 26.7 Å². The van der Waals surface area contributed by atoms with Gasteiger partial charge in [0.15, 0.2) is 0 Å². The van der Waals surface area contributed by atoms with Crippen LogP contribution in [0.1, 0.15) is 26.7 Å². The summed E-state index contributed by atoms with van der Waals surface area (Å²) in [6, 6.07) is 0. The average molecular weight is 134 g/mol. The van der Waals surface area contributed by atoms with Gasteiger partial charge in [-0.05, 0) is 26.7 Å². The standard InChI is InChI=1S/C10H14/c1-9-5-3-7-10(2)8-4-6-9/h3,5-7H,4,8H2,1-2H3/b5-3-,9-6-,10-7-. The van der Waals surface area contributed by atoms with Crippen molar-refractivity contribution in [1.82, 2.24) is 0 Å². The molecule has 0 aromatic carbocycles. The summed E-state index contributed by atoms with van der Waals surface area (Å²) >= 11 is 0. The van der Waals surface area contributed by atoms with Crippen LogP contribution in [0, 0.1) is 0 Å². The van der Waals surface area contributed by atoms with Gasteiger partial charge in [-0.25, -0.2) is 0 Å². The molecule has 0 bridgehead atoms. The number of rotatable bonds is 0. The maximum absolute atomic E-state index is 2.28. The highest BCUT2D eigenvalue weighted by Crippen LogP contribution is 2.10. The van der Waals surface area contributed by atoms with E-state index in [-0.39, 0.29) is 0 Å². The maximum atomic E-state index is 2.28. The molecule has 0 spiro atoms. The van der Waals surface area contributed by atoms with Crippen molar-refractivity contribution < 1.29 is 0 Å². The molecule has 0 aromatic heterocycles. The van der Waals surface area contributed by atoms with Crippen molar-refractivity contribution in [2.75, 3.05) is 0 Å². The lowest BCUT2D eigenvalue weighted by atomic mass is 10.1. The molecule has 0 unspecified atom stereocenters. The normalized spacial score (nSPS) is 32.6. The second-order valence-corrected chi connectivity index (χ2v) is 2.86. The van der Waals surface area contributed by atoms with E-state index >= 15 is 0 Å². The molecule has 0 heterocycles. The highest BCUT2D eigenvalue weighted by molar-refractivity contribution is 5.24. The van der Waals surface area contributed by atoms with E-state index < -0.39 is 0 Å². The van der Waals surface area contributed by atoms with Gasteiger partial charge in [-0.1, -0.05) is 35.5 Å². The van der Waals surface area contributed by atoms with Crippen molar-refractivity contribution in [2.24, 2.45) is 0 Å². The molecule has 0 fully saturated rings. The fourth-order valence-electron chi connectivity index (χ4n) is 1.04. The van der Waals surface area contributed by atoms with Crippen molar-refractivity contribution >= 4 is 0 Å². The number of hydrogen-bond donors (Lipinski definition) is 0.